The summed E-state index contributed by atoms with van der Waals surface area (Å²) in [5, 5.41) is 0. The minimum Gasteiger partial charge on any atom is -0.402 e. The van der Waals surface area contributed by atoms with Gasteiger partial charge < -0.3 is 5.73 Å². The average Bonchev–Trinajstić information content (AvgIpc) is 1.75. The van der Waals surface area contributed by atoms with Crippen molar-refractivity contribution >= 4 is 10.0 Å². The van der Waals surface area contributed by atoms with Crippen molar-refractivity contribution in [2.24, 2.45) is 11.1 Å². The van der Waals surface area contributed by atoms with Crippen LogP contribution in [-0.2, 0) is 0 Å². The predicted octanol–water partition coefficient (Wildman–Crippen LogP) is 3.74. The minimum atomic E-state index is -0.598. The van der Waals surface area contributed by atoms with Crippen LogP contribution in [0.25, 0.3) is 0 Å². The van der Waals surface area contributed by atoms with Crippen molar-refractivity contribution in [1.82, 2.24) is 0 Å². The molecule has 0 heterocycles. The molecule has 0 unspecified atom stereocenters. The highest BCUT2D eigenvalue weighted by atomic mass is 32.3. The van der Waals surface area contributed by atoms with E-state index in [1.165, 1.54) is 5.75 Å². The molecule has 0 aromatic rings. The summed E-state index contributed by atoms with van der Waals surface area (Å²) in [6.07, 6.45) is 5.78. The molecule has 0 aliphatic carbocycles. The van der Waals surface area contributed by atoms with E-state index in [2.05, 4.69) is 53.7 Å². The van der Waals surface area contributed by atoms with Crippen molar-refractivity contribution < 1.29 is 0 Å². The zero-order valence-corrected chi connectivity index (χ0v) is 12.4. The Morgan fingerprint density at radius 1 is 1.13 bits per heavy atom. The molecule has 0 spiro atoms. The monoisotopic (exact) mass is 231 g/mol. The molecule has 0 aliphatic heterocycles. The summed E-state index contributed by atoms with van der Waals surface area (Å²) in [6.45, 7) is 15.4. The smallest absolute Gasteiger partial charge is 0.00131 e. The van der Waals surface area contributed by atoms with E-state index in [-0.39, 0.29) is 5.41 Å². The van der Waals surface area contributed by atoms with Crippen molar-refractivity contribution in [3.8, 4) is 0 Å². The third kappa shape index (κ3) is 4.96. The van der Waals surface area contributed by atoms with E-state index < -0.39 is 10.0 Å². The second-order valence-electron chi connectivity index (χ2n) is 6.79. The summed E-state index contributed by atoms with van der Waals surface area (Å²) in [5.41, 5.74) is 6.81. The first kappa shape index (κ1) is 14.9. The van der Waals surface area contributed by atoms with Crippen LogP contribution < -0.4 is 5.73 Å². The van der Waals surface area contributed by atoms with Gasteiger partial charge in [0.05, 0.1) is 0 Å². The third-order valence-electron chi connectivity index (χ3n) is 3.11. The van der Waals surface area contributed by atoms with Gasteiger partial charge in [0, 0.05) is 5.70 Å². The van der Waals surface area contributed by atoms with Gasteiger partial charge in [-0.2, -0.15) is 0 Å². The van der Waals surface area contributed by atoms with Crippen molar-refractivity contribution in [3.05, 3.63) is 12.3 Å². The van der Waals surface area contributed by atoms with Crippen LogP contribution in [-0.4, -0.2) is 23.0 Å². The standard InChI is InChI=1S/C13H29NS/c1-11(14)9-13(5,6)10-15(7,8)12(2,3)4/h1,9-10,14H2,2-8H3. The molecule has 0 radical (unpaired) electrons. The fourth-order valence-electron chi connectivity index (χ4n) is 1.86. The van der Waals surface area contributed by atoms with Gasteiger partial charge in [0.25, 0.3) is 0 Å². The Kier molecular flexibility index (Phi) is 4.37. The van der Waals surface area contributed by atoms with E-state index in [1.54, 1.807) is 0 Å². The largest absolute Gasteiger partial charge is 0.402 e. The first-order valence-corrected chi connectivity index (χ1v) is 8.13. The summed E-state index contributed by atoms with van der Waals surface area (Å²) in [4.78, 5) is 0. The lowest BCUT2D eigenvalue weighted by atomic mass is 9.91. The molecule has 0 aromatic heterocycles. The molecule has 0 saturated heterocycles. The van der Waals surface area contributed by atoms with Crippen LogP contribution in [0.2, 0.25) is 0 Å². The van der Waals surface area contributed by atoms with Gasteiger partial charge in [-0.15, -0.1) is 0 Å². The highest BCUT2D eigenvalue weighted by molar-refractivity contribution is 8.33. The first-order chi connectivity index (χ1) is 6.37. The van der Waals surface area contributed by atoms with E-state index in [4.69, 9.17) is 5.73 Å². The maximum absolute atomic E-state index is 5.72. The van der Waals surface area contributed by atoms with Crippen LogP contribution in [0.5, 0.6) is 0 Å². The molecule has 0 aromatic carbocycles. The van der Waals surface area contributed by atoms with Crippen molar-refractivity contribution in [2.75, 3.05) is 18.3 Å². The van der Waals surface area contributed by atoms with Gasteiger partial charge in [0.15, 0.2) is 0 Å². The van der Waals surface area contributed by atoms with Crippen LogP contribution >= 0.6 is 10.0 Å². The molecule has 0 atom stereocenters. The van der Waals surface area contributed by atoms with Crippen LogP contribution in [0.15, 0.2) is 12.3 Å². The first-order valence-electron chi connectivity index (χ1n) is 5.51. The Bertz CT molecular complexity index is 233. The lowest BCUT2D eigenvalue weighted by molar-refractivity contribution is 0.414. The van der Waals surface area contributed by atoms with Gasteiger partial charge in [-0.3, -0.25) is 0 Å². The minimum absolute atomic E-state index is 0.276. The summed E-state index contributed by atoms with van der Waals surface area (Å²) in [6, 6.07) is 0. The van der Waals surface area contributed by atoms with Crippen molar-refractivity contribution in [1.29, 1.82) is 0 Å². The molecule has 0 saturated carbocycles. The normalized spacial score (nSPS) is 15.1. The summed E-state index contributed by atoms with van der Waals surface area (Å²) < 4.78 is 0.403. The second kappa shape index (κ2) is 4.40. The molecule has 0 bridgehead atoms. The van der Waals surface area contributed by atoms with Crippen molar-refractivity contribution in [3.63, 3.8) is 0 Å². The highest BCUT2D eigenvalue weighted by Gasteiger charge is 2.33. The second-order valence-corrected chi connectivity index (χ2v) is 11.4. The van der Waals surface area contributed by atoms with Gasteiger partial charge in [-0.05, 0) is 34.8 Å². The zero-order chi connectivity index (χ0) is 12.5. The van der Waals surface area contributed by atoms with Crippen LogP contribution in [0, 0.1) is 5.41 Å². The topological polar surface area (TPSA) is 26.0 Å². The van der Waals surface area contributed by atoms with Crippen LogP contribution in [0.3, 0.4) is 0 Å². The molecule has 2 heteroatoms. The van der Waals surface area contributed by atoms with E-state index in [1.807, 2.05) is 0 Å². The number of hydrogen-bond acceptors (Lipinski definition) is 1. The Morgan fingerprint density at radius 3 is 1.80 bits per heavy atom. The molecule has 15 heavy (non-hydrogen) atoms. The number of hydrogen-bond donors (Lipinski definition) is 1. The number of allylic oxidation sites excluding steroid dienone is 1. The summed E-state index contributed by atoms with van der Waals surface area (Å²) >= 11 is 0. The van der Waals surface area contributed by atoms with Gasteiger partial charge in [0.2, 0.25) is 0 Å². The average molecular weight is 231 g/mol. The molecule has 92 valence electrons. The quantitative estimate of drug-likeness (QED) is 0.784. The molecular formula is C13H29NS. The van der Waals surface area contributed by atoms with E-state index in [0.29, 0.717) is 4.75 Å². The zero-order valence-electron chi connectivity index (χ0n) is 11.6. The highest BCUT2D eigenvalue weighted by Crippen LogP contribution is 2.56. The van der Waals surface area contributed by atoms with Gasteiger partial charge in [-0.1, -0.05) is 41.2 Å². The Hall–Kier alpha value is -0.110. The molecule has 2 N–H and O–H groups in total. The number of nitrogens with two attached hydrogens (primary N) is 1. The molecule has 0 rings (SSSR count). The Balaban J connectivity index is 4.64. The maximum atomic E-state index is 5.72. The molecular weight excluding hydrogens is 202 g/mol. The van der Waals surface area contributed by atoms with Gasteiger partial charge in [-0.25, -0.2) is 10.0 Å². The molecule has 0 aliphatic rings. The molecule has 1 nitrogen and oxygen atoms in total. The lowest BCUT2D eigenvalue weighted by Crippen LogP contribution is -2.32. The van der Waals surface area contributed by atoms with E-state index in [0.717, 1.165) is 12.1 Å². The van der Waals surface area contributed by atoms with Gasteiger partial charge >= 0.3 is 0 Å². The van der Waals surface area contributed by atoms with Crippen molar-refractivity contribution in [2.45, 2.75) is 45.8 Å². The lowest BCUT2D eigenvalue weighted by Gasteiger charge is -2.49. The fraction of sp³-hybridized carbons (Fsp3) is 0.846. The Labute approximate surface area is 97.8 Å². The SMILES string of the molecule is C=C(N)CC(C)(C)CS(C)(C)C(C)(C)C. The van der Waals surface area contributed by atoms with Gasteiger partial charge in [0.1, 0.15) is 0 Å². The maximum Gasteiger partial charge on any atom is 0.00131 e. The summed E-state index contributed by atoms with van der Waals surface area (Å²) in [7, 11) is -0.598. The summed E-state index contributed by atoms with van der Waals surface area (Å²) in [5.74, 6) is 1.25. The molecule has 0 amide bonds. The molecule has 0 fully saturated rings. The van der Waals surface area contributed by atoms with Crippen LogP contribution in [0.4, 0.5) is 0 Å². The Morgan fingerprint density at radius 2 is 1.53 bits per heavy atom. The number of rotatable bonds is 4. The van der Waals surface area contributed by atoms with E-state index in [9.17, 15) is 0 Å². The third-order valence-corrected chi connectivity index (χ3v) is 7.93. The fourth-order valence-corrected chi connectivity index (χ4v) is 4.35. The predicted molar refractivity (Wildman–Crippen MR) is 75.8 cm³/mol. The van der Waals surface area contributed by atoms with E-state index >= 15 is 0 Å². The van der Waals surface area contributed by atoms with Crippen LogP contribution in [0.1, 0.15) is 41.0 Å².